The molecule has 0 radical (unpaired) electrons. The molecule has 0 aliphatic heterocycles. The van der Waals surface area contributed by atoms with Gasteiger partial charge in [-0.3, -0.25) is 10.1 Å². The first-order valence-corrected chi connectivity index (χ1v) is 11.7. The average Bonchev–Trinajstić information content (AvgIpc) is 3.11. The maximum Gasteiger partial charge on any atom is 0.357 e. The van der Waals surface area contributed by atoms with Gasteiger partial charge in [0, 0.05) is 5.56 Å². The van der Waals surface area contributed by atoms with Crippen LogP contribution < -0.4 is 48.2 Å². The molecule has 3 aromatic carbocycles. The summed E-state index contributed by atoms with van der Waals surface area (Å²) in [6.07, 6.45) is 0. The quantitative estimate of drug-likeness (QED) is 0.308. The van der Waals surface area contributed by atoms with Gasteiger partial charge in [0.2, 0.25) is 0 Å². The second-order valence-electron chi connectivity index (χ2n) is 6.20. The smallest absolute Gasteiger partial charge is 0.357 e. The number of hydrogen-bond acceptors (Lipinski definition) is 4. The molecule has 0 unspecified atom stereocenters. The predicted molar refractivity (Wildman–Crippen MR) is 109 cm³/mol. The summed E-state index contributed by atoms with van der Waals surface area (Å²) in [6.45, 7) is 2.09. The van der Waals surface area contributed by atoms with E-state index in [1.807, 2.05) is 42.5 Å². The molecule has 7 heteroatoms. The highest BCUT2D eigenvalue weighted by Crippen LogP contribution is 2.29. The Bertz CT molecular complexity index is 1130. The Morgan fingerprint density at radius 3 is 2.31 bits per heavy atom. The van der Waals surface area contributed by atoms with Crippen molar-refractivity contribution in [2.45, 2.75) is 6.92 Å². The zero-order chi connectivity index (χ0) is 19.5. The summed E-state index contributed by atoms with van der Waals surface area (Å²) in [4.78, 5) is 17.0. The van der Waals surface area contributed by atoms with Crippen LogP contribution in [0.25, 0.3) is 10.2 Å². The van der Waals surface area contributed by atoms with Crippen LogP contribution >= 0.6 is 11.3 Å². The number of nitrogens with zero attached hydrogens (tertiary/aromatic N) is 1. The Labute approximate surface area is 194 Å². The maximum atomic E-state index is 12.6. The minimum absolute atomic E-state index is 0. The Balaban J connectivity index is 0.00000240. The summed E-state index contributed by atoms with van der Waals surface area (Å²) in [5.74, 6) is 0.632. The van der Waals surface area contributed by atoms with Crippen LogP contribution in [0.15, 0.2) is 66.7 Å². The molecule has 0 aliphatic rings. The van der Waals surface area contributed by atoms with Gasteiger partial charge in [0.25, 0.3) is 5.91 Å². The fourth-order valence-electron chi connectivity index (χ4n) is 2.64. The molecule has 1 heterocycles. The molecule has 4 aromatic rings. The molecular formula is C22H18BrIN2O2S. The fraction of sp³-hybridized carbons (Fsp3) is 0.0909. The van der Waals surface area contributed by atoms with Gasteiger partial charge in [0.15, 0.2) is 12.3 Å². The van der Waals surface area contributed by atoms with Gasteiger partial charge in [0.05, 0.1) is 17.3 Å². The van der Waals surface area contributed by atoms with Crippen molar-refractivity contribution in [2.24, 2.45) is 0 Å². The van der Waals surface area contributed by atoms with Crippen LogP contribution in [0.5, 0.6) is 5.75 Å². The number of halogens is 2. The van der Waals surface area contributed by atoms with Gasteiger partial charge < -0.3 is 21.7 Å². The molecule has 148 valence electrons. The van der Waals surface area contributed by atoms with E-state index < -0.39 is 0 Å². The molecule has 1 amide bonds. The maximum absolute atomic E-state index is 12.6. The molecule has 0 saturated heterocycles. The molecule has 1 N–H and O–H groups in total. The van der Waals surface area contributed by atoms with Gasteiger partial charge in [-0.1, -0.05) is 29.0 Å². The summed E-state index contributed by atoms with van der Waals surface area (Å²) in [5.41, 5.74) is 2.75. The lowest BCUT2D eigenvalue weighted by Crippen LogP contribution is -3.61. The molecule has 0 saturated carbocycles. The van der Waals surface area contributed by atoms with Crippen molar-refractivity contribution < 1.29 is 47.7 Å². The van der Waals surface area contributed by atoms with E-state index in [0.29, 0.717) is 10.7 Å². The normalized spacial score (nSPS) is 10.4. The molecule has 0 fully saturated rings. The van der Waals surface area contributed by atoms with Gasteiger partial charge >= 0.3 is 21.2 Å². The molecular weight excluding hydrogens is 563 g/mol. The number of anilines is 1. The Morgan fingerprint density at radius 2 is 1.66 bits per heavy atom. The van der Waals surface area contributed by atoms with Crippen LogP contribution in [0.2, 0.25) is 0 Å². The van der Waals surface area contributed by atoms with Crippen LogP contribution in [0, 0.1) is 14.1 Å². The van der Waals surface area contributed by atoms with Crippen molar-refractivity contribution in [3.8, 4) is 5.75 Å². The number of benzene rings is 3. The molecule has 4 rings (SSSR count). The number of hydrogen-bond donors (Lipinski definition) is 1. The summed E-state index contributed by atoms with van der Waals surface area (Å²) in [7, 11) is 1.63. The number of ether oxygens (including phenoxy) is 1. The summed E-state index contributed by atoms with van der Waals surface area (Å²) in [5, 5.41) is 3.48. The van der Waals surface area contributed by atoms with Crippen molar-refractivity contribution in [1.82, 2.24) is 4.98 Å². The van der Waals surface area contributed by atoms with E-state index in [-0.39, 0.29) is 44.1 Å². The summed E-state index contributed by atoms with van der Waals surface area (Å²) in [6, 6.07) is 22.2. The highest BCUT2D eigenvalue weighted by molar-refractivity contribution is 7.22. The number of methoxy groups -OCH3 is 1. The Hall–Kier alpha value is -1.97. The third kappa shape index (κ3) is 5.34. The number of nitrogens with one attached hydrogen (secondary N) is 1. The van der Waals surface area contributed by atoms with E-state index in [0.717, 1.165) is 16.0 Å². The number of thiazole rings is 1. The molecule has 0 bridgehead atoms. The van der Waals surface area contributed by atoms with Crippen molar-refractivity contribution in [2.75, 3.05) is 12.4 Å². The molecule has 29 heavy (non-hydrogen) atoms. The van der Waals surface area contributed by atoms with E-state index in [1.54, 1.807) is 7.11 Å². The summed E-state index contributed by atoms with van der Waals surface area (Å²) >= 11 is 1.20. The van der Waals surface area contributed by atoms with E-state index in [2.05, 4.69) is 41.5 Å². The lowest BCUT2D eigenvalue weighted by Gasteiger charge is -2.00. The highest BCUT2D eigenvalue weighted by Gasteiger charge is 2.16. The first kappa shape index (κ1) is 21.7. The van der Waals surface area contributed by atoms with Crippen LogP contribution in [0.3, 0.4) is 0 Å². The lowest BCUT2D eigenvalue weighted by molar-refractivity contribution is -0.597. The van der Waals surface area contributed by atoms with Crippen molar-refractivity contribution in [3.05, 3.63) is 85.0 Å². The van der Waals surface area contributed by atoms with E-state index >= 15 is 0 Å². The average molecular weight is 581 g/mol. The SMILES string of the molecule is COc1ccc2nc(NC(=O)c3ccc([I+]c4ccc(C)cc4)cc3)sc2c1.[Br-]. The topological polar surface area (TPSA) is 51.2 Å². The first-order valence-electron chi connectivity index (χ1n) is 8.68. The monoisotopic (exact) mass is 580 g/mol. The minimum atomic E-state index is -0.239. The number of carbonyl (C=O) groups is 1. The molecule has 1 aromatic heterocycles. The molecule has 0 spiro atoms. The highest BCUT2D eigenvalue weighted by atomic mass is 127. The first-order chi connectivity index (χ1) is 13.6. The Kier molecular flexibility index (Phi) is 7.26. The number of carbonyl (C=O) groups excluding carboxylic acids is 1. The fourth-order valence-corrected chi connectivity index (χ4v) is 5.69. The van der Waals surface area contributed by atoms with Gasteiger partial charge in [-0.15, -0.1) is 0 Å². The largest absolute Gasteiger partial charge is 1.00 e. The van der Waals surface area contributed by atoms with Crippen molar-refractivity contribution in [3.63, 3.8) is 0 Å². The van der Waals surface area contributed by atoms with Gasteiger partial charge in [-0.25, -0.2) is 4.98 Å². The molecule has 0 aliphatic carbocycles. The van der Waals surface area contributed by atoms with Gasteiger partial charge in [-0.2, -0.15) is 0 Å². The van der Waals surface area contributed by atoms with Crippen LogP contribution in [-0.2, 0) is 0 Å². The van der Waals surface area contributed by atoms with E-state index in [1.165, 1.54) is 24.0 Å². The third-order valence-corrected chi connectivity index (χ3v) is 7.77. The number of aromatic nitrogens is 1. The summed E-state index contributed by atoms with van der Waals surface area (Å²) < 4.78 is 8.87. The van der Waals surface area contributed by atoms with Gasteiger partial charge in [-0.05, 0) is 61.5 Å². The van der Waals surface area contributed by atoms with Gasteiger partial charge in [0.1, 0.15) is 5.75 Å². The number of fused-ring (bicyclic) bond motifs is 1. The molecule has 0 atom stereocenters. The standard InChI is InChI=1S/C22H17IN2O2S.BrH/c1-14-3-7-16(8-4-14)23-17-9-5-15(6-10-17)21(26)25-22-24-19-12-11-18(27-2)13-20(19)28-22;/h3-13H,1-2H3;1H. The lowest BCUT2D eigenvalue weighted by atomic mass is 10.2. The van der Waals surface area contributed by atoms with Crippen LogP contribution in [0.1, 0.15) is 15.9 Å². The number of amides is 1. The van der Waals surface area contributed by atoms with Crippen molar-refractivity contribution in [1.29, 1.82) is 0 Å². The second kappa shape index (κ2) is 9.69. The Morgan fingerprint density at radius 1 is 1.00 bits per heavy atom. The minimum Gasteiger partial charge on any atom is -1.00 e. The number of rotatable bonds is 5. The second-order valence-corrected chi connectivity index (χ2v) is 10.3. The van der Waals surface area contributed by atoms with Crippen LogP contribution in [0.4, 0.5) is 5.13 Å². The van der Waals surface area contributed by atoms with Crippen LogP contribution in [-0.4, -0.2) is 18.0 Å². The number of aryl methyl sites for hydroxylation is 1. The van der Waals surface area contributed by atoms with E-state index in [9.17, 15) is 4.79 Å². The van der Waals surface area contributed by atoms with E-state index in [4.69, 9.17) is 4.74 Å². The molecule has 4 nitrogen and oxygen atoms in total. The predicted octanol–water partition coefficient (Wildman–Crippen LogP) is -1.00. The third-order valence-electron chi connectivity index (χ3n) is 4.15. The van der Waals surface area contributed by atoms with Crippen molar-refractivity contribution >= 4 is 32.6 Å². The zero-order valence-corrected chi connectivity index (χ0v) is 20.3. The zero-order valence-electron chi connectivity index (χ0n) is 15.8.